The van der Waals surface area contributed by atoms with Crippen LogP contribution in [0.15, 0.2) is 5.16 Å². The second kappa shape index (κ2) is 16.5. The number of esters is 1. The van der Waals surface area contributed by atoms with Crippen molar-refractivity contribution in [2.45, 2.75) is 96.8 Å². The Bertz CT molecular complexity index is 366. The molecule has 0 aromatic heterocycles. The molecule has 0 saturated carbocycles. The van der Waals surface area contributed by atoms with E-state index in [0.29, 0.717) is 6.42 Å². The summed E-state index contributed by atoms with van der Waals surface area (Å²) in [5, 5.41) is 11.4. The highest BCUT2D eigenvalue weighted by atomic mass is 16.5. The van der Waals surface area contributed by atoms with Gasteiger partial charge < -0.3 is 9.94 Å². The average Bonchev–Trinajstić information content (AvgIpc) is 2.59. The largest absolute Gasteiger partial charge is 0.464 e. The number of methoxy groups -OCH3 is 1. The maximum Gasteiger partial charge on any atom is 0.363 e. The fourth-order valence-electron chi connectivity index (χ4n) is 2.73. The van der Waals surface area contributed by atoms with E-state index in [1.54, 1.807) is 0 Å². The van der Waals surface area contributed by atoms with Gasteiger partial charge in [-0.2, -0.15) is 0 Å². The first-order valence-corrected chi connectivity index (χ1v) is 9.50. The summed E-state index contributed by atoms with van der Waals surface area (Å²) in [6.45, 7) is 2.24. The van der Waals surface area contributed by atoms with Gasteiger partial charge in [0.05, 0.1) is 7.11 Å². The highest BCUT2D eigenvalue weighted by Gasteiger charge is 2.21. The van der Waals surface area contributed by atoms with Crippen LogP contribution in [0.25, 0.3) is 0 Å². The minimum atomic E-state index is -0.878. The van der Waals surface area contributed by atoms with Gasteiger partial charge in [-0.15, -0.1) is 0 Å². The fourth-order valence-corrected chi connectivity index (χ4v) is 2.73. The van der Waals surface area contributed by atoms with Gasteiger partial charge in [0.15, 0.2) is 5.78 Å². The normalized spacial score (nSPS) is 11.5. The molecule has 0 aliphatic carbocycles. The second-order valence-electron chi connectivity index (χ2n) is 6.36. The number of hydrogen-bond acceptors (Lipinski definition) is 5. The van der Waals surface area contributed by atoms with Gasteiger partial charge in [0, 0.05) is 6.42 Å². The van der Waals surface area contributed by atoms with Gasteiger partial charge in [-0.3, -0.25) is 4.79 Å². The van der Waals surface area contributed by atoms with E-state index >= 15 is 0 Å². The van der Waals surface area contributed by atoms with Crippen LogP contribution in [-0.4, -0.2) is 29.8 Å². The zero-order valence-electron chi connectivity index (χ0n) is 15.5. The van der Waals surface area contributed by atoms with Crippen molar-refractivity contribution in [3.8, 4) is 0 Å². The Labute approximate surface area is 146 Å². The summed E-state index contributed by atoms with van der Waals surface area (Å²) >= 11 is 0. The molecule has 0 saturated heterocycles. The number of ketones is 1. The summed E-state index contributed by atoms with van der Waals surface area (Å²) in [6.07, 6.45) is 16.3. The number of nitrogens with zero attached hydrogens (tertiary/aromatic N) is 1. The Kier molecular flexibility index (Phi) is 15.5. The minimum absolute atomic E-state index is 0.228. The Morgan fingerprint density at radius 2 is 1.21 bits per heavy atom. The van der Waals surface area contributed by atoms with E-state index < -0.39 is 17.5 Å². The molecule has 1 N–H and O–H groups in total. The molecule has 0 heterocycles. The standard InChI is InChI=1S/C19H35NO4/c1-3-4-5-6-7-8-9-10-11-12-13-14-15-16-17(21)18(20-23)19(22)24-2/h23H,3-16H2,1-2H3. The Hall–Kier alpha value is -1.39. The van der Waals surface area contributed by atoms with Crippen molar-refractivity contribution in [1.29, 1.82) is 0 Å². The first-order chi connectivity index (χ1) is 11.7. The molecule has 0 atom stereocenters. The van der Waals surface area contributed by atoms with Crippen molar-refractivity contribution in [2.24, 2.45) is 5.16 Å². The summed E-state index contributed by atoms with van der Waals surface area (Å²) in [5.41, 5.74) is -0.503. The lowest BCUT2D eigenvalue weighted by atomic mass is 10.0. The van der Waals surface area contributed by atoms with Crippen molar-refractivity contribution in [2.75, 3.05) is 7.11 Å². The summed E-state index contributed by atoms with van der Waals surface area (Å²) in [7, 11) is 1.16. The minimum Gasteiger partial charge on any atom is -0.464 e. The molecule has 5 heteroatoms. The first kappa shape index (κ1) is 22.6. The predicted molar refractivity (Wildman–Crippen MR) is 96.6 cm³/mol. The number of carbonyl (C=O) groups excluding carboxylic acids is 2. The van der Waals surface area contributed by atoms with Crippen molar-refractivity contribution in [3.63, 3.8) is 0 Å². The van der Waals surface area contributed by atoms with Gasteiger partial charge >= 0.3 is 5.97 Å². The second-order valence-corrected chi connectivity index (χ2v) is 6.36. The predicted octanol–water partition coefficient (Wildman–Crippen LogP) is 5.04. The van der Waals surface area contributed by atoms with Crippen molar-refractivity contribution < 1.29 is 19.5 Å². The molecule has 140 valence electrons. The molecule has 0 fully saturated rings. The SMILES string of the molecule is CCCCCCCCCCCCCCCC(=O)C(=NO)C(=O)OC. The Morgan fingerprint density at radius 1 is 0.792 bits per heavy atom. The molecule has 0 aromatic carbocycles. The molecular formula is C19H35NO4. The van der Waals surface area contributed by atoms with E-state index in [1.807, 2.05) is 0 Å². The smallest absolute Gasteiger partial charge is 0.363 e. The van der Waals surface area contributed by atoms with E-state index in [-0.39, 0.29) is 6.42 Å². The van der Waals surface area contributed by atoms with Gasteiger partial charge in [0.1, 0.15) is 0 Å². The quantitative estimate of drug-likeness (QED) is 0.107. The van der Waals surface area contributed by atoms with Crippen LogP contribution in [0.1, 0.15) is 96.8 Å². The summed E-state index contributed by atoms with van der Waals surface area (Å²) in [5.74, 6) is -1.33. The van der Waals surface area contributed by atoms with Crippen LogP contribution >= 0.6 is 0 Å². The van der Waals surface area contributed by atoms with Crippen molar-refractivity contribution >= 4 is 17.5 Å². The number of oxime groups is 1. The van der Waals surface area contributed by atoms with Crippen LogP contribution < -0.4 is 0 Å². The van der Waals surface area contributed by atoms with Crippen molar-refractivity contribution in [1.82, 2.24) is 0 Å². The molecule has 0 unspecified atom stereocenters. The molecule has 0 spiro atoms. The maximum atomic E-state index is 11.7. The molecule has 0 bridgehead atoms. The lowest BCUT2D eigenvalue weighted by molar-refractivity contribution is -0.133. The third-order valence-electron chi connectivity index (χ3n) is 4.25. The monoisotopic (exact) mass is 341 g/mol. The summed E-state index contributed by atoms with van der Waals surface area (Å²) in [6, 6.07) is 0. The molecule has 0 aliphatic heterocycles. The van der Waals surface area contributed by atoms with Gasteiger partial charge in [-0.25, -0.2) is 4.79 Å². The van der Waals surface area contributed by atoms with Crippen LogP contribution in [0.3, 0.4) is 0 Å². The lowest BCUT2D eigenvalue weighted by Crippen LogP contribution is -2.25. The number of unbranched alkanes of at least 4 members (excludes halogenated alkanes) is 12. The van der Waals surface area contributed by atoms with Crippen LogP contribution in [0.2, 0.25) is 0 Å². The molecule has 0 aromatic rings. The zero-order chi connectivity index (χ0) is 18.0. The Balaban J connectivity index is 3.42. The molecule has 24 heavy (non-hydrogen) atoms. The maximum absolute atomic E-state index is 11.7. The van der Waals surface area contributed by atoms with E-state index in [0.717, 1.165) is 20.0 Å². The number of hydrogen-bond donors (Lipinski definition) is 1. The zero-order valence-corrected chi connectivity index (χ0v) is 15.5. The summed E-state index contributed by atoms with van der Waals surface area (Å²) in [4.78, 5) is 22.9. The molecular weight excluding hydrogens is 306 g/mol. The topological polar surface area (TPSA) is 76.0 Å². The molecule has 5 nitrogen and oxygen atoms in total. The number of rotatable bonds is 16. The van der Waals surface area contributed by atoms with Crippen LogP contribution in [0.4, 0.5) is 0 Å². The highest BCUT2D eigenvalue weighted by Crippen LogP contribution is 2.13. The number of Topliss-reactive ketones (excluding diaryl/α,β-unsaturated/α-hetero) is 1. The van der Waals surface area contributed by atoms with Crippen LogP contribution in [0, 0.1) is 0 Å². The van der Waals surface area contributed by atoms with Crippen molar-refractivity contribution in [3.05, 3.63) is 0 Å². The number of ether oxygens (including phenoxy) is 1. The van der Waals surface area contributed by atoms with Gasteiger partial charge in [-0.05, 0) is 6.42 Å². The highest BCUT2D eigenvalue weighted by molar-refractivity contribution is 6.64. The van der Waals surface area contributed by atoms with E-state index in [9.17, 15) is 9.59 Å². The lowest BCUT2D eigenvalue weighted by Gasteiger charge is -2.03. The van der Waals surface area contributed by atoms with Gasteiger partial charge in [0.25, 0.3) is 0 Å². The van der Waals surface area contributed by atoms with Crippen LogP contribution in [-0.2, 0) is 14.3 Å². The summed E-state index contributed by atoms with van der Waals surface area (Å²) < 4.78 is 4.39. The first-order valence-electron chi connectivity index (χ1n) is 9.50. The van der Waals surface area contributed by atoms with E-state index in [1.165, 1.54) is 64.2 Å². The average molecular weight is 341 g/mol. The van der Waals surface area contributed by atoms with E-state index in [4.69, 9.17) is 5.21 Å². The third kappa shape index (κ3) is 12.1. The van der Waals surface area contributed by atoms with Gasteiger partial charge in [-0.1, -0.05) is 89.1 Å². The Morgan fingerprint density at radius 3 is 1.58 bits per heavy atom. The molecule has 0 radical (unpaired) electrons. The molecule has 0 amide bonds. The third-order valence-corrected chi connectivity index (χ3v) is 4.25. The molecule has 0 rings (SSSR count). The fraction of sp³-hybridized carbons (Fsp3) is 0.842. The van der Waals surface area contributed by atoms with E-state index in [2.05, 4.69) is 16.8 Å². The molecule has 0 aliphatic rings. The van der Waals surface area contributed by atoms with Gasteiger partial charge in [0.2, 0.25) is 5.71 Å². The van der Waals surface area contributed by atoms with Crippen LogP contribution in [0.5, 0.6) is 0 Å². The number of carbonyl (C=O) groups is 2.